The summed E-state index contributed by atoms with van der Waals surface area (Å²) < 4.78 is 12.1. The van der Waals surface area contributed by atoms with Crippen LogP contribution in [-0.2, 0) is 19.1 Å². The van der Waals surface area contributed by atoms with Gasteiger partial charge >= 0.3 is 5.97 Å². The van der Waals surface area contributed by atoms with E-state index in [9.17, 15) is 14.7 Å². The van der Waals surface area contributed by atoms with E-state index in [4.69, 9.17) is 9.47 Å². The number of ketones is 1. The first kappa shape index (κ1) is 22.0. The van der Waals surface area contributed by atoms with Crippen LogP contribution in [0.2, 0.25) is 0 Å². The first-order chi connectivity index (χ1) is 15.5. The number of epoxide rings is 1. The Hall–Kier alpha value is -1.46. The lowest BCUT2D eigenvalue weighted by Crippen LogP contribution is -2.67. The standard InChI is InChI=1S/C28H38O5/c1-14-13-20(32-25(30)15(14)2)16(3)17-8-9-18-22-19(10-12-26(17,18)4)27(5)21(29)7-6-11-28(27,31)24-23(22)33-24/h6-7,16-20,22-24,31H,8-13H2,1-5H3/t16-,17+,18-,19-,20+,22-,23-,24-,26+,27-,28-/m1/s1. The van der Waals surface area contributed by atoms with Gasteiger partial charge in [0.15, 0.2) is 5.78 Å². The number of hydrogen-bond acceptors (Lipinski definition) is 5. The zero-order valence-electron chi connectivity index (χ0n) is 20.6. The molecule has 4 aliphatic carbocycles. The summed E-state index contributed by atoms with van der Waals surface area (Å²) in [6, 6.07) is 0. The van der Waals surface area contributed by atoms with E-state index in [1.165, 1.54) is 0 Å². The highest BCUT2D eigenvalue weighted by Gasteiger charge is 2.77. The minimum absolute atomic E-state index is 0.0524. The fourth-order valence-corrected chi connectivity index (χ4v) is 9.34. The van der Waals surface area contributed by atoms with Gasteiger partial charge in [-0.15, -0.1) is 0 Å². The minimum atomic E-state index is -1.07. The Bertz CT molecular complexity index is 981. The van der Waals surface area contributed by atoms with E-state index in [0.29, 0.717) is 30.1 Å². The molecule has 3 saturated carbocycles. The maximum Gasteiger partial charge on any atom is 0.333 e. The van der Waals surface area contributed by atoms with E-state index in [-0.39, 0.29) is 41.4 Å². The molecule has 0 bridgehead atoms. The Morgan fingerprint density at radius 3 is 2.61 bits per heavy atom. The average Bonchev–Trinajstić information content (AvgIpc) is 3.50. The summed E-state index contributed by atoms with van der Waals surface area (Å²) in [4.78, 5) is 25.7. The van der Waals surface area contributed by atoms with Crippen molar-refractivity contribution in [3.8, 4) is 0 Å². The largest absolute Gasteiger partial charge is 0.458 e. The number of fused-ring (bicyclic) bond motifs is 8. The SMILES string of the molecule is CC1=C(C)C(=O)O[C@H]([C@H](C)[C@@H]2CC[C@@H]3[C@H]4[C@H]5O[C@H]5[C@]5(O)CC=CC(=O)[C@@]5(C)[C@@H]4CC[C@]32C)C1. The first-order valence-corrected chi connectivity index (χ1v) is 13.0. The number of hydrogen-bond donors (Lipinski definition) is 1. The summed E-state index contributed by atoms with van der Waals surface area (Å²) in [6.07, 6.45) is 8.98. The van der Waals surface area contributed by atoms with Crippen molar-refractivity contribution in [2.45, 2.75) is 97.1 Å². The lowest BCUT2D eigenvalue weighted by Gasteiger charge is -2.60. The molecule has 0 aromatic carbocycles. The molecule has 2 heterocycles. The van der Waals surface area contributed by atoms with Crippen LogP contribution >= 0.6 is 0 Å². The first-order valence-electron chi connectivity index (χ1n) is 13.0. The summed E-state index contributed by atoms with van der Waals surface area (Å²) in [5.74, 6) is 1.68. The van der Waals surface area contributed by atoms with E-state index in [1.54, 1.807) is 6.08 Å². The Morgan fingerprint density at radius 1 is 1.12 bits per heavy atom. The molecule has 1 N–H and O–H groups in total. The Labute approximate surface area is 197 Å². The van der Waals surface area contributed by atoms with Gasteiger partial charge in [0.2, 0.25) is 0 Å². The molecule has 5 nitrogen and oxygen atoms in total. The van der Waals surface area contributed by atoms with Crippen molar-refractivity contribution >= 4 is 11.8 Å². The van der Waals surface area contributed by atoms with Crippen LogP contribution in [0.3, 0.4) is 0 Å². The molecule has 33 heavy (non-hydrogen) atoms. The van der Waals surface area contributed by atoms with Gasteiger partial charge in [-0.25, -0.2) is 4.79 Å². The third-order valence-electron chi connectivity index (χ3n) is 11.6. The number of carbonyl (C=O) groups excluding carboxylic acids is 2. The number of ether oxygens (including phenoxy) is 2. The van der Waals surface area contributed by atoms with Crippen molar-refractivity contribution in [1.29, 1.82) is 0 Å². The highest BCUT2D eigenvalue weighted by molar-refractivity contribution is 5.97. The second-order valence-corrected chi connectivity index (χ2v) is 12.5. The van der Waals surface area contributed by atoms with Crippen LogP contribution in [0, 0.1) is 40.4 Å². The van der Waals surface area contributed by atoms with E-state index in [1.807, 2.05) is 19.9 Å². The van der Waals surface area contributed by atoms with Crippen LogP contribution in [0.15, 0.2) is 23.3 Å². The number of esters is 1. The topological polar surface area (TPSA) is 76.1 Å². The predicted molar refractivity (Wildman–Crippen MR) is 123 cm³/mol. The molecule has 0 unspecified atom stereocenters. The molecule has 11 atom stereocenters. The second kappa shape index (κ2) is 6.81. The highest BCUT2D eigenvalue weighted by atomic mass is 16.6. The van der Waals surface area contributed by atoms with Gasteiger partial charge in [-0.05, 0) is 94.0 Å². The van der Waals surface area contributed by atoms with Crippen molar-refractivity contribution < 1.29 is 24.2 Å². The van der Waals surface area contributed by atoms with E-state index in [2.05, 4.69) is 20.8 Å². The van der Waals surface area contributed by atoms with Crippen molar-refractivity contribution in [2.75, 3.05) is 0 Å². The third-order valence-corrected chi connectivity index (χ3v) is 11.6. The Kier molecular flexibility index (Phi) is 4.55. The van der Waals surface area contributed by atoms with Gasteiger partial charge < -0.3 is 14.6 Å². The van der Waals surface area contributed by atoms with E-state index < -0.39 is 11.0 Å². The molecule has 2 aliphatic heterocycles. The van der Waals surface area contributed by atoms with Crippen molar-refractivity contribution in [3.63, 3.8) is 0 Å². The lowest BCUT2D eigenvalue weighted by molar-refractivity contribution is -0.182. The van der Waals surface area contributed by atoms with Crippen LogP contribution in [0.5, 0.6) is 0 Å². The molecule has 6 aliphatic rings. The Morgan fingerprint density at radius 2 is 1.88 bits per heavy atom. The molecular weight excluding hydrogens is 416 g/mol. The molecule has 0 spiro atoms. The van der Waals surface area contributed by atoms with Crippen LogP contribution in [0.4, 0.5) is 0 Å². The number of aliphatic hydroxyl groups is 1. The van der Waals surface area contributed by atoms with Crippen molar-refractivity contribution in [3.05, 3.63) is 23.3 Å². The predicted octanol–water partition coefficient (Wildman–Crippen LogP) is 4.38. The van der Waals surface area contributed by atoms with Gasteiger partial charge in [0, 0.05) is 12.0 Å². The molecular formula is C28H38O5. The maximum absolute atomic E-state index is 13.3. The van der Waals surface area contributed by atoms with Crippen LogP contribution in [0.1, 0.15) is 73.1 Å². The van der Waals surface area contributed by atoms with Crippen molar-refractivity contribution in [1.82, 2.24) is 0 Å². The zero-order chi connectivity index (χ0) is 23.5. The summed E-state index contributed by atoms with van der Waals surface area (Å²) in [6.45, 7) is 10.7. The minimum Gasteiger partial charge on any atom is -0.458 e. The quantitative estimate of drug-likeness (QED) is 0.495. The fourth-order valence-electron chi connectivity index (χ4n) is 9.34. The Balaban J connectivity index is 1.30. The lowest BCUT2D eigenvalue weighted by atomic mass is 9.43. The number of cyclic esters (lactones) is 1. The normalized spacial score (nSPS) is 53.6. The molecule has 4 fully saturated rings. The van der Waals surface area contributed by atoms with Gasteiger partial charge in [-0.1, -0.05) is 25.5 Å². The molecule has 0 aromatic heterocycles. The number of rotatable bonds is 2. The van der Waals surface area contributed by atoms with Crippen LogP contribution < -0.4 is 0 Å². The van der Waals surface area contributed by atoms with Crippen molar-refractivity contribution in [2.24, 2.45) is 40.4 Å². The van der Waals surface area contributed by atoms with E-state index >= 15 is 0 Å². The zero-order valence-corrected chi connectivity index (χ0v) is 20.6. The second-order valence-electron chi connectivity index (χ2n) is 12.5. The van der Waals surface area contributed by atoms with E-state index in [0.717, 1.165) is 43.3 Å². The molecule has 1 saturated heterocycles. The summed E-state index contributed by atoms with van der Waals surface area (Å²) in [5.41, 5.74) is 0.243. The molecule has 0 aromatic rings. The smallest absolute Gasteiger partial charge is 0.333 e. The average molecular weight is 455 g/mol. The van der Waals surface area contributed by atoms with Gasteiger partial charge in [-0.3, -0.25) is 4.79 Å². The van der Waals surface area contributed by atoms with Gasteiger partial charge in [-0.2, -0.15) is 0 Å². The number of carbonyl (C=O) groups is 2. The molecule has 0 radical (unpaired) electrons. The summed E-state index contributed by atoms with van der Waals surface area (Å²) in [5, 5.41) is 11.7. The molecule has 6 rings (SSSR count). The maximum atomic E-state index is 13.3. The number of allylic oxidation sites excluding steroid dienone is 1. The summed E-state index contributed by atoms with van der Waals surface area (Å²) >= 11 is 0. The van der Waals surface area contributed by atoms with Gasteiger partial charge in [0.1, 0.15) is 17.8 Å². The fraction of sp³-hybridized carbons (Fsp3) is 0.786. The molecule has 180 valence electrons. The molecule has 5 heteroatoms. The van der Waals surface area contributed by atoms with Crippen LogP contribution in [-0.4, -0.2) is 40.8 Å². The summed E-state index contributed by atoms with van der Waals surface area (Å²) in [7, 11) is 0. The van der Waals surface area contributed by atoms with Gasteiger partial charge in [0.05, 0.1) is 11.5 Å². The highest BCUT2D eigenvalue weighted by Crippen LogP contribution is 2.71. The van der Waals surface area contributed by atoms with Crippen LogP contribution in [0.25, 0.3) is 0 Å². The molecule has 0 amide bonds. The third kappa shape index (κ3) is 2.61. The van der Waals surface area contributed by atoms with Gasteiger partial charge in [0.25, 0.3) is 0 Å². The monoisotopic (exact) mass is 454 g/mol.